The first-order valence-electron chi connectivity index (χ1n) is 10.5. The number of nitrogens with zero attached hydrogens (tertiary/aromatic N) is 5. The molecular weight excluding hydrogens is 408 g/mol. The average Bonchev–Trinajstić information content (AvgIpc) is 3.18. The maximum Gasteiger partial charge on any atom is 0.246 e. The Morgan fingerprint density at radius 3 is 2.97 bits per heavy atom. The van der Waals surface area contributed by atoms with Gasteiger partial charge >= 0.3 is 0 Å². The molecule has 3 aromatic rings. The van der Waals surface area contributed by atoms with E-state index in [1.165, 1.54) is 0 Å². The summed E-state index contributed by atoms with van der Waals surface area (Å²) in [6, 6.07) is 7.80. The average molecular weight is 435 g/mol. The van der Waals surface area contributed by atoms with Crippen molar-refractivity contribution in [3.63, 3.8) is 0 Å². The van der Waals surface area contributed by atoms with Crippen LogP contribution < -0.4 is 5.32 Å². The Kier molecular flexibility index (Phi) is 6.66. The number of carbonyl (C=O) groups excluding carboxylic acids is 1. The first-order valence-corrected chi connectivity index (χ1v) is 11.3. The molecule has 0 radical (unpaired) electrons. The third kappa shape index (κ3) is 5.95. The summed E-state index contributed by atoms with van der Waals surface area (Å²) in [5.74, 6) is 1.92. The van der Waals surface area contributed by atoms with Gasteiger partial charge in [0.15, 0.2) is 0 Å². The fourth-order valence-electron chi connectivity index (χ4n) is 3.77. The second-order valence-corrected chi connectivity index (χ2v) is 8.87. The van der Waals surface area contributed by atoms with Crippen LogP contribution in [-0.4, -0.2) is 43.8 Å². The molecule has 1 fully saturated rings. The monoisotopic (exact) mass is 434 g/mol. The second-order valence-electron chi connectivity index (χ2n) is 7.81. The zero-order chi connectivity index (χ0) is 21.6. The van der Waals surface area contributed by atoms with Crippen molar-refractivity contribution >= 4 is 35.0 Å². The van der Waals surface area contributed by atoms with Crippen LogP contribution in [0.3, 0.4) is 0 Å². The zero-order valence-corrected chi connectivity index (χ0v) is 18.6. The molecule has 1 amide bonds. The fraction of sp³-hybridized carbons (Fsp3) is 0.348. The highest BCUT2D eigenvalue weighted by atomic mass is 32.1. The summed E-state index contributed by atoms with van der Waals surface area (Å²) in [4.78, 5) is 32.2. The van der Waals surface area contributed by atoms with Crippen LogP contribution in [0, 0.1) is 19.8 Å². The van der Waals surface area contributed by atoms with E-state index in [9.17, 15) is 4.79 Å². The van der Waals surface area contributed by atoms with Crippen molar-refractivity contribution in [3.8, 4) is 0 Å². The molecule has 1 aliphatic heterocycles. The molecule has 7 nitrogen and oxygen atoms in total. The number of piperidine rings is 1. The summed E-state index contributed by atoms with van der Waals surface area (Å²) >= 11 is 1.59. The Morgan fingerprint density at radius 1 is 1.26 bits per heavy atom. The minimum atomic E-state index is 0.0471. The number of aryl methyl sites for hydroxylation is 2. The molecule has 160 valence electrons. The highest BCUT2D eigenvalue weighted by molar-refractivity contribution is 7.09. The van der Waals surface area contributed by atoms with Crippen molar-refractivity contribution in [3.05, 3.63) is 64.1 Å². The van der Waals surface area contributed by atoms with Gasteiger partial charge < -0.3 is 10.2 Å². The molecular formula is C23H26N6OS. The maximum absolute atomic E-state index is 12.6. The smallest absolute Gasteiger partial charge is 0.246 e. The number of rotatable bonds is 6. The van der Waals surface area contributed by atoms with Crippen molar-refractivity contribution in [1.82, 2.24) is 24.8 Å². The van der Waals surface area contributed by atoms with Gasteiger partial charge in [-0.3, -0.25) is 4.79 Å². The number of carbonyl (C=O) groups is 1. The van der Waals surface area contributed by atoms with E-state index in [0.29, 0.717) is 5.92 Å². The lowest BCUT2D eigenvalue weighted by atomic mass is 9.93. The molecule has 0 spiro atoms. The van der Waals surface area contributed by atoms with Gasteiger partial charge in [-0.25, -0.2) is 19.9 Å². The summed E-state index contributed by atoms with van der Waals surface area (Å²) in [7, 11) is 0. The predicted molar refractivity (Wildman–Crippen MR) is 123 cm³/mol. The summed E-state index contributed by atoms with van der Waals surface area (Å²) in [5, 5.41) is 6.21. The molecule has 0 aromatic carbocycles. The van der Waals surface area contributed by atoms with Crippen LogP contribution >= 0.6 is 11.3 Å². The topological polar surface area (TPSA) is 83.9 Å². The summed E-state index contributed by atoms with van der Waals surface area (Å²) in [6.45, 7) is 5.46. The third-order valence-electron chi connectivity index (χ3n) is 5.23. The summed E-state index contributed by atoms with van der Waals surface area (Å²) in [5.41, 5.74) is 2.76. The van der Waals surface area contributed by atoms with Gasteiger partial charge in [0, 0.05) is 42.0 Å². The summed E-state index contributed by atoms with van der Waals surface area (Å²) < 4.78 is 0. The van der Waals surface area contributed by atoms with Gasteiger partial charge in [-0.05, 0) is 57.2 Å². The first kappa shape index (κ1) is 21.1. The molecule has 0 bridgehead atoms. The molecule has 0 saturated carbocycles. The minimum Gasteiger partial charge on any atom is -0.339 e. The van der Waals surface area contributed by atoms with E-state index in [0.717, 1.165) is 66.1 Å². The van der Waals surface area contributed by atoms with Crippen molar-refractivity contribution in [2.75, 3.05) is 18.4 Å². The number of aromatic nitrogens is 4. The van der Waals surface area contributed by atoms with Gasteiger partial charge in [0.2, 0.25) is 5.91 Å². The lowest BCUT2D eigenvalue weighted by Crippen LogP contribution is -2.39. The van der Waals surface area contributed by atoms with Gasteiger partial charge in [-0.1, -0.05) is 6.07 Å². The van der Waals surface area contributed by atoms with Crippen LogP contribution in [0.2, 0.25) is 0 Å². The number of nitrogens with one attached hydrogen (secondary N) is 1. The van der Waals surface area contributed by atoms with Crippen LogP contribution in [0.15, 0.2) is 42.0 Å². The highest BCUT2D eigenvalue weighted by Gasteiger charge is 2.23. The Bertz CT molecular complexity index is 1080. The van der Waals surface area contributed by atoms with E-state index in [-0.39, 0.29) is 5.91 Å². The first-order chi connectivity index (χ1) is 15.0. The molecule has 1 atom stereocenters. The molecule has 1 N–H and O–H groups in total. The van der Waals surface area contributed by atoms with Gasteiger partial charge in [0.25, 0.3) is 0 Å². The second kappa shape index (κ2) is 9.78. The largest absolute Gasteiger partial charge is 0.339 e. The van der Waals surface area contributed by atoms with Crippen LogP contribution in [0.5, 0.6) is 0 Å². The van der Waals surface area contributed by atoms with E-state index in [1.54, 1.807) is 29.8 Å². The lowest BCUT2D eigenvalue weighted by Gasteiger charge is -2.32. The van der Waals surface area contributed by atoms with Crippen molar-refractivity contribution in [1.29, 1.82) is 0 Å². The van der Waals surface area contributed by atoms with Crippen LogP contribution in [0.1, 0.15) is 34.9 Å². The van der Waals surface area contributed by atoms with Crippen molar-refractivity contribution < 1.29 is 4.79 Å². The third-order valence-corrected chi connectivity index (χ3v) is 6.02. The Morgan fingerprint density at radius 2 is 2.16 bits per heavy atom. The van der Waals surface area contributed by atoms with Crippen LogP contribution in [0.4, 0.5) is 11.6 Å². The zero-order valence-electron chi connectivity index (χ0n) is 17.8. The normalized spacial score (nSPS) is 16.6. The number of thiazole rings is 1. The summed E-state index contributed by atoms with van der Waals surface area (Å²) in [6.07, 6.45) is 7.93. The van der Waals surface area contributed by atoms with E-state index in [1.807, 2.05) is 48.4 Å². The Hall–Kier alpha value is -3.13. The predicted octanol–water partition coefficient (Wildman–Crippen LogP) is 4.18. The highest BCUT2D eigenvalue weighted by Crippen LogP contribution is 2.22. The molecule has 0 unspecified atom stereocenters. The SMILES string of the molecule is Cc1cccc(Nc2cc(C[C@H]3CCCN(C(=O)/C=C/c4csc(C)n4)C3)ncn2)n1. The molecule has 4 rings (SSSR count). The number of hydrogen-bond donors (Lipinski definition) is 1. The van der Waals surface area contributed by atoms with E-state index < -0.39 is 0 Å². The fourth-order valence-corrected chi connectivity index (χ4v) is 4.35. The van der Waals surface area contributed by atoms with Gasteiger partial charge in [-0.15, -0.1) is 11.3 Å². The van der Waals surface area contributed by atoms with Crippen LogP contribution in [0.25, 0.3) is 6.08 Å². The van der Waals surface area contributed by atoms with Gasteiger partial charge in [0.05, 0.1) is 10.7 Å². The molecule has 8 heteroatoms. The number of anilines is 2. The van der Waals surface area contributed by atoms with E-state index in [4.69, 9.17) is 0 Å². The number of pyridine rings is 1. The Balaban J connectivity index is 1.36. The molecule has 1 aliphatic rings. The lowest BCUT2D eigenvalue weighted by molar-refractivity contribution is -0.127. The van der Waals surface area contributed by atoms with Crippen molar-refractivity contribution in [2.24, 2.45) is 5.92 Å². The minimum absolute atomic E-state index is 0.0471. The van der Waals surface area contributed by atoms with Crippen LogP contribution in [-0.2, 0) is 11.2 Å². The molecule has 4 heterocycles. The molecule has 31 heavy (non-hydrogen) atoms. The van der Waals surface area contributed by atoms with E-state index >= 15 is 0 Å². The standard InChI is InChI=1S/C23H26N6OS/c1-16-5-3-7-21(26-16)28-22-12-20(24-15-25-22)11-18-6-4-10-29(13-18)23(30)9-8-19-14-31-17(2)27-19/h3,5,7-9,12,14-15,18H,4,6,10-11,13H2,1-2H3,(H,24,25,26,28)/b9-8+/t18-/m1/s1. The van der Waals surface area contributed by atoms with E-state index in [2.05, 4.69) is 25.3 Å². The molecule has 0 aliphatic carbocycles. The Labute approximate surface area is 186 Å². The number of likely N-dealkylation sites (tertiary alicyclic amines) is 1. The number of hydrogen-bond acceptors (Lipinski definition) is 7. The number of amides is 1. The quantitative estimate of drug-likeness (QED) is 0.586. The molecule has 3 aromatic heterocycles. The maximum atomic E-state index is 12.6. The molecule has 1 saturated heterocycles. The van der Waals surface area contributed by atoms with Crippen molar-refractivity contribution in [2.45, 2.75) is 33.1 Å². The van der Waals surface area contributed by atoms with Gasteiger partial charge in [0.1, 0.15) is 18.0 Å². The van der Waals surface area contributed by atoms with Gasteiger partial charge in [-0.2, -0.15) is 0 Å².